The molecule has 11 nitrogen and oxygen atoms in total. The summed E-state index contributed by atoms with van der Waals surface area (Å²) in [6.45, 7) is 4.87. The van der Waals surface area contributed by atoms with Crippen molar-refractivity contribution >= 4 is 61.7 Å². The van der Waals surface area contributed by atoms with Crippen LogP contribution in [0.1, 0.15) is 44.4 Å². The van der Waals surface area contributed by atoms with Gasteiger partial charge in [-0.1, -0.05) is 0 Å². The summed E-state index contributed by atoms with van der Waals surface area (Å²) >= 11 is 2.16. The highest BCUT2D eigenvalue weighted by Crippen LogP contribution is 2.35. The molecule has 4 aromatic rings. The maximum Gasteiger partial charge on any atom is 0.345 e. The predicted molar refractivity (Wildman–Crippen MR) is 142 cm³/mol. The van der Waals surface area contributed by atoms with Gasteiger partial charge in [0.2, 0.25) is 0 Å². The first-order valence-corrected chi connectivity index (χ1v) is 12.7. The standard InChI is InChI=1S/C25H18N4O7S2/c1-4-35-25(32)20-12(2)21(13(3)30)38-23(20)27-10-15(9-26)22-28-18(11-37-22)17-8-14-7-16(29(33)34)5-6-19(14)36-24(17)31/h5-8,10-11,27H,4H2,1-3H3. The lowest BCUT2D eigenvalue weighted by molar-refractivity contribution is -0.384. The molecule has 0 fully saturated rings. The second kappa shape index (κ2) is 10.8. The van der Waals surface area contributed by atoms with E-state index < -0.39 is 16.5 Å². The molecule has 0 amide bonds. The van der Waals surface area contributed by atoms with Crippen molar-refractivity contribution in [3.05, 3.63) is 77.4 Å². The summed E-state index contributed by atoms with van der Waals surface area (Å²) in [4.78, 5) is 52.4. The number of hydrogen-bond donors (Lipinski definition) is 1. The van der Waals surface area contributed by atoms with Crippen molar-refractivity contribution in [2.75, 3.05) is 11.9 Å². The fourth-order valence-electron chi connectivity index (χ4n) is 3.60. The van der Waals surface area contributed by atoms with Crippen LogP contribution in [0.2, 0.25) is 0 Å². The molecule has 0 saturated heterocycles. The van der Waals surface area contributed by atoms with E-state index >= 15 is 0 Å². The van der Waals surface area contributed by atoms with Crippen LogP contribution in [0.5, 0.6) is 0 Å². The Morgan fingerprint density at radius 3 is 2.76 bits per heavy atom. The molecule has 0 unspecified atom stereocenters. The minimum atomic E-state index is -0.686. The minimum absolute atomic E-state index is 0.0790. The van der Waals surface area contributed by atoms with E-state index in [1.807, 2.05) is 6.07 Å². The lowest BCUT2D eigenvalue weighted by Gasteiger charge is -2.05. The van der Waals surface area contributed by atoms with E-state index in [4.69, 9.17) is 9.15 Å². The van der Waals surface area contributed by atoms with Gasteiger partial charge in [0.1, 0.15) is 27.2 Å². The Labute approximate surface area is 222 Å². The summed E-state index contributed by atoms with van der Waals surface area (Å²) in [6, 6.07) is 7.36. The summed E-state index contributed by atoms with van der Waals surface area (Å²) in [5.74, 6) is -0.803. The monoisotopic (exact) mass is 550 g/mol. The number of Topliss-reactive ketones (excluding diaryl/α,β-unsaturated/α-hetero) is 1. The molecule has 1 N–H and O–H groups in total. The first-order valence-electron chi connectivity index (χ1n) is 11.0. The van der Waals surface area contributed by atoms with Gasteiger partial charge in [-0.05, 0) is 38.5 Å². The van der Waals surface area contributed by atoms with E-state index in [0.29, 0.717) is 20.8 Å². The topological polar surface area (TPSA) is 165 Å². The van der Waals surface area contributed by atoms with Crippen molar-refractivity contribution in [3.63, 3.8) is 0 Å². The van der Waals surface area contributed by atoms with Crippen LogP contribution in [0.25, 0.3) is 27.8 Å². The number of nitriles is 1. The molecule has 0 atom stereocenters. The van der Waals surface area contributed by atoms with Crippen LogP contribution in [-0.2, 0) is 4.74 Å². The number of carbonyl (C=O) groups excluding carboxylic acids is 2. The second-order valence-electron chi connectivity index (χ2n) is 7.82. The van der Waals surface area contributed by atoms with Crippen LogP contribution in [0.15, 0.2) is 45.1 Å². The number of rotatable bonds is 8. The van der Waals surface area contributed by atoms with Gasteiger partial charge >= 0.3 is 11.6 Å². The number of thiazole rings is 1. The zero-order chi connectivity index (χ0) is 27.6. The van der Waals surface area contributed by atoms with Crippen molar-refractivity contribution in [1.82, 2.24) is 4.98 Å². The van der Waals surface area contributed by atoms with Crippen molar-refractivity contribution in [3.8, 4) is 17.3 Å². The summed E-state index contributed by atoms with van der Waals surface area (Å²) in [5, 5.41) is 26.3. The SMILES string of the molecule is CCOC(=O)c1c(NC=C(C#N)c2nc(-c3cc4cc([N+](=O)[O-])ccc4oc3=O)cs2)sc(C(C)=O)c1C. The number of nitro benzene ring substituents is 1. The molecule has 192 valence electrons. The van der Waals surface area contributed by atoms with Gasteiger partial charge in [-0.15, -0.1) is 22.7 Å². The number of benzene rings is 1. The number of ketones is 1. The van der Waals surface area contributed by atoms with Gasteiger partial charge in [0.25, 0.3) is 5.69 Å². The van der Waals surface area contributed by atoms with E-state index in [9.17, 15) is 29.8 Å². The van der Waals surface area contributed by atoms with Crippen LogP contribution in [0.4, 0.5) is 10.7 Å². The second-order valence-corrected chi connectivity index (χ2v) is 9.69. The molecule has 3 heterocycles. The summed E-state index contributed by atoms with van der Waals surface area (Å²) < 4.78 is 10.4. The average molecular weight is 551 g/mol. The van der Waals surface area contributed by atoms with Crippen molar-refractivity contribution in [1.29, 1.82) is 5.26 Å². The van der Waals surface area contributed by atoms with Crippen molar-refractivity contribution in [2.45, 2.75) is 20.8 Å². The molecule has 4 rings (SSSR count). The third-order valence-corrected chi connectivity index (χ3v) is 7.55. The number of nitro groups is 1. The maximum atomic E-state index is 12.6. The minimum Gasteiger partial charge on any atom is -0.462 e. The molecular formula is C25H18N4O7S2. The highest BCUT2D eigenvalue weighted by Gasteiger charge is 2.24. The molecule has 13 heteroatoms. The summed E-state index contributed by atoms with van der Waals surface area (Å²) in [7, 11) is 0. The molecule has 0 aliphatic rings. The Morgan fingerprint density at radius 2 is 2.11 bits per heavy atom. The number of carbonyl (C=O) groups is 2. The predicted octanol–water partition coefficient (Wildman–Crippen LogP) is 5.55. The van der Waals surface area contributed by atoms with Crippen LogP contribution >= 0.6 is 22.7 Å². The molecule has 0 saturated carbocycles. The highest BCUT2D eigenvalue weighted by atomic mass is 32.1. The number of nitrogens with one attached hydrogen (secondary N) is 1. The summed E-state index contributed by atoms with van der Waals surface area (Å²) in [6.07, 6.45) is 1.35. The molecule has 1 aromatic carbocycles. The number of nitrogens with zero attached hydrogens (tertiary/aromatic N) is 3. The average Bonchev–Trinajstić information content (AvgIpc) is 3.48. The molecule has 38 heavy (non-hydrogen) atoms. The number of thiophene rings is 1. The third kappa shape index (κ3) is 5.08. The summed E-state index contributed by atoms with van der Waals surface area (Å²) in [5.41, 5.74) is 0.447. The number of hydrogen-bond acceptors (Lipinski definition) is 12. The third-order valence-electron chi connectivity index (χ3n) is 5.35. The van der Waals surface area contributed by atoms with Gasteiger partial charge in [0.15, 0.2) is 5.78 Å². The normalized spacial score (nSPS) is 11.3. The maximum absolute atomic E-state index is 12.6. The zero-order valence-electron chi connectivity index (χ0n) is 20.2. The van der Waals surface area contributed by atoms with Gasteiger partial charge in [-0.3, -0.25) is 14.9 Å². The Bertz CT molecular complexity index is 1740. The van der Waals surface area contributed by atoms with E-state index in [0.717, 1.165) is 22.7 Å². The van der Waals surface area contributed by atoms with Gasteiger partial charge in [0, 0.05) is 29.1 Å². The number of anilines is 1. The fraction of sp³-hybridized carbons (Fsp3) is 0.160. The van der Waals surface area contributed by atoms with E-state index in [1.165, 1.54) is 37.4 Å². The number of non-ortho nitro benzene ring substituents is 1. The van der Waals surface area contributed by atoms with Gasteiger partial charge in [-0.2, -0.15) is 5.26 Å². The van der Waals surface area contributed by atoms with Gasteiger partial charge < -0.3 is 14.5 Å². The Kier molecular flexibility index (Phi) is 7.47. The molecular weight excluding hydrogens is 532 g/mol. The van der Waals surface area contributed by atoms with E-state index in [-0.39, 0.29) is 51.1 Å². The number of ether oxygens (including phenoxy) is 1. The quantitative estimate of drug-likeness (QED) is 0.0734. The van der Waals surface area contributed by atoms with Crippen molar-refractivity contribution in [2.24, 2.45) is 0 Å². The number of aromatic nitrogens is 1. The molecule has 0 radical (unpaired) electrons. The van der Waals surface area contributed by atoms with Crippen LogP contribution in [0, 0.1) is 28.4 Å². The lowest BCUT2D eigenvalue weighted by Crippen LogP contribution is -2.08. The molecule has 0 aliphatic heterocycles. The highest BCUT2D eigenvalue weighted by molar-refractivity contribution is 7.18. The van der Waals surface area contributed by atoms with Crippen LogP contribution in [-0.4, -0.2) is 28.3 Å². The zero-order valence-corrected chi connectivity index (χ0v) is 21.8. The van der Waals surface area contributed by atoms with E-state index in [1.54, 1.807) is 19.2 Å². The van der Waals surface area contributed by atoms with Crippen molar-refractivity contribution < 1.29 is 23.7 Å². The molecule has 0 bridgehead atoms. The first kappa shape index (κ1) is 26.4. The number of allylic oxidation sites excluding steroid dienone is 1. The van der Waals surface area contributed by atoms with Crippen LogP contribution < -0.4 is 10.9 Å². The molecule has 3 aromatic heterocycles. The fourth-order valence-corrected chi connectivity index (χ4v) is 5.45. The van der Waals surface area contributed by atoms with E-state index in [2.05, 4.69) is 10.3 Å². The van der Waals surface area contributed by atoms with Gasteiger partial charge in [-0.25, -0.2) is 14.6 Å². The Hall–Kier alpha value is -4.67. The smallest absolute Gasteiger partial charge is 0.345 e. The Morgan fingerprint density at radius 1 is 1.34 bits per heavy atom. The molecule has 0 spiro atoms. The number of fused-ring (bicyclic) bond motifs is 1. The first-order chi connectivity index (χ1) is 18.1. The Balaban J connectivity index is 1.69. The number of esters is 1. The van der Waals surface area contributed by atoms with Gasteiger partial charge in [0.05, 0.1) is 33.2 Å². The lowest BCUT2D eigenvalue weighted by atomic mass is 10.1. The molecule has 0 aliphatic carbocycles. The largest absolute Gasteiger partial charge is 0.462 e. The van der Waals surface area contributed by atoms with Crippen LogP contribution in [0.3, 0.4) is 0 Å².